The summed E-state index contributed by atoms with van der Waals surface area (Å²) in [4.78, 5) is 46.5. The summed E-state index contributed by atoms with van der Waals surface area (Å²) < 4.78 is 0. The minimum absolute atomic E-state index is 0.0422. The van der Waals surface area contributed by atoms with E-state index in [1.165, 1.54) is 0 Å². The van der Waals surface area contributed by atoms with Crippen LogP contribution < -0.4 is 5.32 Å². The molecule has 1 aromatic rings. The first kappa shape index (κ1) is 16.2. The van der Waals surface area contributed by atoms with Gasteiger partial charge in [0.2, 0.25) is 0 Å². The molecular formula is C14H12N2O7. The van der Waals surface area contributed by atoms with Crippen LogP contribution >= 0.6 is 0 Å². The molecule has 0 spiro atoms. The molecule has 23 heavy (non-hydrogen) atoms. The second-order valence-corrected chi connectivity index (χ2v) is 4.61. The molecule has 0 bridgehead atoms. The number of hydrogen-bond acceptors (Lipinski definition) is 6. The van der Waals surface area contributed by atoms with Crippen LogP contribution in [0.15, 0.2) is 30.0 Å². The Morgan fingerprint density at radius 2 is 1.61 bits per heavy atom. The fourth-order valence-corrected chi connectivity index (χ4v) is 2.01. The molecular weight excluding hydrogens is 308 g/mol. The van der Waals surface area contributed by atoms with E-state index >= 15 is 0 Å². The number of carboxylic acid groups (broad SMARTS) is 2. The molecule has 0 radical (unpaired) electrons. The summed E-state index contributed by atoms with van der Waals surface area (Å²) >= 11 is 0. The average Bonchev–Trinajstić information content (AvgIpc) is 2.75. The third-order valence-electron chi connectivity index (χ3n) is 3.04. The molecule has 0 unspecified atom stereocenters. The Morgan fingerprint density at radius 3 is 2.09 bits per heavy atom. The number of aliphatic hydroxyl groups is 1. The largest absolute Gasteiger partial charge is 0.478 e. The number of imide groups is 1. The van der Waals surface area contributed by atoms with Crippen LogP contribution in [0.5, 0.6) is 0 Å². The lowest BCUT2D eigenvalue weighted by Crippen LogP contribution is -2.34. The molecule has 0 saturated heterocycles. The van der Waals surface area contributed by atoms with Crippen molar-refractivity contribution in [2.75, 3.05) is 18.5 Å². The lowest BCUT2D eigenvalue weighted by atomic mass is 10.1. The first-order valence-electron chi connectivity index (χ1n) is 6.40. The van der Waals surface area contributed by atoms with Crippen LogP contribution in [0.1, 0.15) is 20.7 Å². The van der Waals surface area contributed by atoms with Crippen molar-refractivity contribution >= 4 is 29.4 Å². The van der Waals surface area contributed by atoms with Gasteiger partial charge in [-0.15, -0.1) is 0 Å². The van der Waals surface area contributed by atoms with Crippen LogP contribution in [0.25, 0.3) is 0 Å². The van der Waals surface area contributed by atoms with Crippen molar-refractivity contribution in [3.05, 3.63) is 41.1 Å². The van der Waals surface area contributed by atoms with Gasteiger partial charge in [0.05, 0.1) is 24.3 Å². The third kappa shape index (κ3) is 3.35. The minimum Gasteiger partial charge on any atom is -0.478 e. The molecule has 1 heterocycles. The number of aromatic carboxylic acids is 2. The summed E-state index contributed by atoms with van der Waals surface area (Å²) in [5, 5.41) is 29.3. The van der Waals surface area contributed by atoms with Crippen molar-refractivity contribution in [2.24, 2.45) is 0 Å². The fourth-order valence-electron chi connectivity index (χ4n) is 2.01. The van der Waals surface area contributed by atoms with E-state index in [0.29, 0.717) is 0 Å². The highest BCUT2D eigenvalue weighted by molar-refractivity contribution is 6.17. The number of β-amino-alcohol motifs (C(OH)–C–C–N with tert-alkyl or cyclic N) is 1. The van der Waals surface area contributed by atoms with Gasteiger partial charge in [0.15, 0.2) is 0 Å². The average molecular weight is 320 g/mol. The number of anilines is 1. The summed E-state index contributed by atoms with van der Waals surface area (Å²) in [5.41, 5.74) is -0.656. The third-order valence-corrected chi connectivity index (χ3v) is 3.04. The van der Waals surface area contributed by atoms with Gasteiger partial charge in [0.25, 0.3) is 11.8 Å². The molecule has 9 heteroatoms. The SMILES string of the molecule is O=C(O)c1cc(NC2=CC(=O)N(CCO)C2=O)cc(C(=O)O)c1. The number of aliphatic hydroxyl groups excluding tert-OH is 1. The summed E-state index contributed by atoms with van der Waals surface area (Å²) in [6.07, 6.45) is 0.992. The fraction of sp³-hybridized carbons (Fsp3) is 0.143. The second-order valence-electron chi connectivity index (χ2n) is 4.61. The highest BCUT2D eigenvalue weighted by atomic mass is 16.4. The predicted octanol–water partition coefficient (Wildman–Crippen LogP) is -0.260. The van der Waals surface area contributed by atoms with Gasteiger partial charge in [-0.25, -0.2) is 9.59 Å². The summed E-state index contributed by atoms with van der Waals surface area (Å²) in [7, 11) is 0. The maximum absolute atomic E-state index is 12.0. The molecule has 0 saturated carbocycles. The molecule has 0 fully saturated rings. The van der Waals surface area contributed by atoms with E-state index < -0.39 is 30.4 Å². The number of carbonyl (C=O) groups is 4. The highest BCUT2D eigenvalue weighted by Crippen LogP contribution is 2.20. The number of carboxylic acids is 2. The molecule has 0 atom stereocenters. The number of nitrogens with one attached hydrogen (secondary N) is 1. The maximum atomic E-state index is 12.0. The predicted molar refractivity (Wildman–Crippen MR) is 75.9 cm³/mol. The van der Waals surface area contributed by atoms with Crippen LogP contribution in [0.2, 0.25) is 0 Å². The standard InChI is InChI=1S/C14H12N2O7/c17-2-1-16-11(18)6-10(12(16)19)15-9-4-7(13(20)21)3-8(5-9)14(22)23/h3-6,15,17H,1-2H2,(H,20,21)(H,22,23). The Labute approximate surface area is 129 Å². The summed E-state index contributed by atoms with van der Waals surface area (Å²) in [5.74, 6) is -3.98. The summed E-state index contributed by atoms with van der Waals surface area (Å²) in [6, 6.07) is 3.26. The van der Waals surface area contributed by atoms with Gasteiger partial charge in [0.1, 0.15) is 5.70 Å². The van der Waals surface area contributed by atoms with E-state index in [9.17, 15) is 19.2 Å². The van der Waals surface area contributed by atoms with Gasteiger partial charge in [-0.1, -0.05) is 0 Å². The van der Waals surface area contributed by atoms with Crippen molar-refractivity contribution in [3.8, 4) is 0 Å². The molecule has 120 valence electrons. The molecule has 9 nitrogen and oxygen atoms in total. The Morgan fingerprint density at radius 1 is 1.04 bits per heavy atom. The van der Waals surface area contributed by atoms with Crippen molar-refractivity contribution in [3.63, 3.8) is 0 Å². The van der Waals surface area contributed by atoms with Crippen LogP contribution in [-0.4, -0.2) is 57.1 Å². The normalized spacial score (nSPS) is 14.0. The van der Waals surface area contributed by atoms with E-state index in [2.05, 4.69) is 5.32 Å². The zero-order valence-electron chi connectivity index (χ0n) is 11.6. The van der Waals surface area contributed by atoms with Crippen LogP contribution in [-0.2, 0) is 9.59 Å². The van der Waals surface area contributed by atoms with Gasteiger partial charge in [-0.3, -0.25) is 14.5 Å². The van der Waals surface area contributed by atoms with Crippen molar-refractivity contribution in [1.82, 2.24) is 4.90 Å². The highest BCUT2D eigenvalue weighted by Gasteiger charge is 2.30. The number of nitrogens with zero attached hydrogens (tertiary/aromatic N) is 1. The van der Waals surface area contributed by atoms with Gasteiger partial charge >= 0.3 is 11.9 Å². The lowest BCUT2D eigenvalue weighted by molar-refractivity contribution is -0.137. The van der Waals surface area contributed by atoms with Gasteiger partial charge in [-0.2, -0.15) is 0 Å². The van der Waals surface area contributed by atoms with E-state index in [4.69, 9.17) is 15.3 Å². The number of amides is 2. The van der Waals surface area contributed by atoms with Crippen LogP contribution in [0, 0.1) is 0 Å². The number of benzene rings is 1. The minimum atomic E-state index is -1.33. The first-order chi connectivity index (χ1) is 10.8. The maximum Gasteiger partial charge on any atom is 0.335 e. The van der Waals surface area contributed by atoms with Crippen LogP contribution in [0.3, 0.4) is 0 Å². The first-order valence-corrected chi connectivity index (χ1v) is 6.40. The summed E-state index contributed by atoms with van der Waals surface area (Å²) in [6.45, 7) is -0.564. The van der Waals surface area contributed by atoms with E-state index in [-0.39, 0.29) is 29.1 Å². The quantitative estimate of drug-likeness (QED) is 0.525. The Kier molecular flexibility index (Phi) is 4.42. The molecule has 2 amide bonds. The van der Waals surface area contributed by atoms with Crippen molar-refractivity contribution < 1.29 is 34.5 Å². The topological polar surface area (TPSA) is 144 Å². The van der Waals surface area contributed by atoms with Gasteiger partial charge in [-0.05, 0) is 18.2 Å². The zero-order chi connectivity index (χ0) is 17.1. The van der Waals surface area contributed by atoms with Crippen molar-refractivity contribution in [1.29, 1.82) is 0 Å². The molecule has 1 aliphatic heterocycles. The van der Waals surface area contributed by atoms with Gasteiger partial charge < -0.3 is 20.6 Å². The van der Waals surface area contributed by atoms with Crippen molar-refractivity contribution in [2.45, 2.75) is 0 Å². The number of hydrogen-bond donors (Lipinski definition) is 4. The molecule has 4 N–H and O–H groups in total. The molecule has 1 aromatic carbocycles. The number of carbonyl (C=O) groups excluding carboxylic acids is 2. The Bertz CT molecular complexity index is 706. The zero-order valence-corrected chi connectivity index (χ0v) is 11.6. The molecule has 0 aromatic heterocycles. The Balaban J connectivity index is 2.32. The number of rotatable bonds is 6. The van der Waals surface area contributed by atoms with Gasteiger partial charge in [0, 0.05) is 11.8 Å². The molecule has 0 aliphatic carbocycles. The van der Waals surface area contributed by atoms with Crippen LogP contribution in [0.4, 0.5) is 5.69 Å². The Hall–Kier alpha value is -3.20. The molecule has 2 rings (SSSR count). The van der Waals surface area contributed by atoms with E-state index in [1.807, 2.05) is 0 Å². The lowest BCUT2D eigenvalue weighted by Gasteiger charge is -2.13. The van der Waals surface area contributed by atoms with E-state index in [1.54, 1.807) is 0 Å². The smallest absolute Gasteiger partial charge is 0.335 e. The monoisotopic (exact) mass is 320 g/mol. The van der Waals surface area contributed by atoms with E-state index in [0.717, 1.165) is 29.2 Å². The second kappa shape index (κ2) is 6.28. The molecule has 1 aliphatic rings.